The summed E-state index contributed by atoms with van der Waals surface area (Å²) >= 11 is 1.62. The number of aliphatic hydroxyl groups excluding tert-OH is 1. The van der Waals surface area contributed by atoms with Crippen molar-refractivity contribution in [1.82, 2.24) is 4.98 Å². The van der Waals surface area contributed by atoms with E-state index in [4.69, 9.17) is 0 Å². The Kier molecular flexibility index (Phi) is 9.94. The molecule has 0 saturated carbocycles. The molecule has 0 aliphatic rings. The highest BCUT2D eigenvalue weighted by Crippen LogP contribution is 2.25. The molecule has 0 aliphatic heterocycles. The van der Waals surface area contributed by atoms with Crippen molar-refractivity contribution in [3.8, 4) is 0 Å². The summed E-state index contributed by atoms with van der Waals surface area (Å²) in [6.07, 6.45) is 15.8. The van der Waals surface area contributed by atoms with Crippen LogP contribution in [0.2, 0.25) is 0 Å². The summed E-state index contributed by atoms with van der Waals surface area (Å²) in [5.74, 6) is 0. The van der Waals surface area contributed by atoms with E-state index in [1.807, 2.05) is 13.1 Å². The molecule has 1 N–H and O–H groups in total. The molecule has 1 heterocycles. The Hall–Kier alpha value is -0.410. The minimum atomic E-state index is -0.296. The SMILES string of the molecule is CCCCCCCCCCCCC(O)c1cnc(C)s1. The number of aryl methyl sites for hydroxylation is 1. The van der Waals surface area contributed by atoms with Gasteiger partial charge in [-0.15, -0.1) is 11.3 Å². The van der Waals surface area contributed by atoms with Crippen molar-refractivity contribution in [1.29, 1.82) is 0 Å². The molecule has 2 nitrogen and oxygen atoms in total. The van der Waals surface area contributed by atoms with Crippen LogP contribution in [0, 0.1) is 6.92 Å². The highest BCUT2D eigenvalue weighted by atomic mass is 32.1. The predicted octanol–water partition coefficient (Wildman–Crippen LogP) is 5.80. The van der Waals surface area contributed by atoms with Crippen LogP contribution in [0.15, 0.2) is 6.20 Å². The van der Waals surface area contributed by atoms with Gasteiger partial charge in [-0.1, -0.05) is 71.1 Å². The quantitative estimate of drug-likeness (QED) is 0.495. The zero-order valence-corrected chi connectivity index (χ0v) is 14.1. The van der Waals surface area contributed by atoms with Gasteiger partial charge in [0.05, 0.1) is 16.0 Å². The molecule has 0 radical (unpaired) electrons. The molecular weight excluding hydrogens is 266 g/mol. The fourth-order valence-corrected chi connectivity index (χ4v) is 3.31. The fourth-order valence-electron chi connectivity index (χ4n) is 2.50. The van der Waals surface area contributed by atoms with Gasteiger partial charge < -0.3 is 5.11 Å². The van der Waals surface area contributed by atoms with Gasteiger partial charge in [-0.2, -0.15) is 0 Å². The molecule has 0 aromatic carbocycles. The number of thiazole rings is 1. The summed E-state index contributed by atoms with van der Waals surface area (Å²) in [6, 6.07) is 0. The molecule has 0 aliphatic carbocycles. The van der Waals surface area contributed by atoms with E-state index in [0.29, 0.717) is 0 Å². The van der Waals surface area contributed by atoms with E-state index in [1.54, 1.807) is 11.3 Å². The van der Waals surface area contributed by atoms with E-state index in [2.05, 4.69) is 11.9 Å². The van der Waals surface area contributed by atoms with E-state index in [0.717, 1.165) is 22.7 Å². The second kappa shape index (κ2) is 11.3. The van der Waals surface area contributed by atoms with Crippen LogP contribution in [0.5, 0.6) is 0 Å². The van der Waals surface area contributed by atoms with Gasteiger partial charge >= 0.3 is 0 Å². The number of hydrogen-bond donors (Lipinski definition) is 1. The van der Waals surface area contributed by atoms with Crippen LogP contribution in [-0.4, -0.2) is 10.1 Å². The second-order valence-corrected chi connectivity index (χ2v) is 7.03. The molecular formula is C17H31NOS. The Labute approximate surface area is 128 Å². The van der Waals surface area contributed by atoms with Gasteiger partial charge in [0.15, 0.2) is 0 Å². The molecule has 3 heteroatoms. The molecule has 0 saturated heterocycles. The van der Waals surface area contributed by atoms with Crippen LogP contribution >= 0.6 is 11.3 Å². The van der Waals surface area contributed by atoms with E-state index in [1.165, 1.54) is 57.8 Å². The number of nitrogens with zero attached hydrogens (tertiary/aromatic N) is 1. The number of unbranched alkanes of at least 4 members (excludes halogenated alkanes) is 9. The minimum absolute atomic E-state index is 0.296. The minimum Gasteiger partial charge on any atom is -0.388 e. The van der Waals surface area contributed by atoms with Crippen molar-refractivity contribution in [2.75, 3.05) is 0 Å². The van der Waals surface area contributed by atoms with Crippen LogP contribution < -0.4 is 0 Å². The molecule has 1 atom stereocenters. The maximum absolute atomic E-state index is 10.0. The van der Waals surface area contributed by atoms with E-state index >= 15 is 0 Å². The largest absolute Gasteiger partial charge is 0.388 e. The number of rotatable bonds is 12. The van der Waals surface area contributed by atoms with Crippen LogP contribution in [0.3, 0.4) is 0 Å². The van der Waals surface area contributed by atoms with Gasteiger partial charge in [-0.05, 0) is 13.3 Å². The maximum Gasteiger partial charge on any atom is 0.0898 e. The van der Waals surface area contributed by atoms with Crippen LogP contribution in [0.25, 0.3) is 0 Å². The highest BCUT2D eigenvalue weighted by molar-refractivity contribution is 7.11. The Morgan fingerprint density at radius 2 is 1.55 bits per heavy atom. The van der Waals surface area contributed by atoms with Crippen molar-refractivity contribution in [3.63, 3.8) is 0 Å². The summed E-state index contributed by atoms with van der Waals surface area (Å²) in [5, 5.41) is 11.1. The monoisotopic (exact) mass is 297 g/mol. The van der Waals surface area contributed by atoms with Crippen LogP contribution in [-0.2, 0) is 0 Å². The first-order valence-electron chi connectivity index (χ1n) is 8.34. The number of hydrogen-bond acceptors (Lipinski definition) is 3. The van der Waals surface area contributed by atoms with E-state index in [9.17, 15) is 5.11 Å². The smallest absolute Gasteiger partial charge is 0.0898 e. The molecule has 1 aromatic rings. The normalized spacial score (nSPS) is 12.8. The molecule has 0 amide bonds. The molecule has 0 bridgehead atoms. The van der Waals surface area contributed by atoms with Crippen molar-refractivity contribution in [3.05, 3.63) is 16.1 Å². The first kappa shape index (κ1) is 17.6. The summed E-state index contributed by atoms with van der Waals surface area (Å²) in [4.78, 5) is 5.22. The van der Waals surface area contributed by atoms with Gasteiger partial charge in [-0.3, -0.25) is 0 Å². The first-order valence-corrected chi connectivity index (χ1v) is 9.16. The van der Waals surface area contributed by atoms with Crippen LogP contribution in [0.1, 0.15) is 93.5 Å². The van der Waals surface area contributed by atoms with Crippen LogP contribution in [0.4, 0.5) is 0 Å². The topological polar surface area (TPSA) is 33.1 Å². The van der Waals surface area contributed by atoms with E-state index < -0.39 is 0 Å². The van der Waals surface area contributed by atoms with Gasteiger partial charge in [-0.25, -0.2) is 4.98 Å². The average molecular weight is 298 g/mol. The maximum atomic E-state index is 10.0. The lowest BCUT2D eigenvalue weighted by molar-refractivity contribution is 0.167. The lowest BCUT2D eigenvalue weighted by atomic mass is 10.0. The third-order valence-corrected chi connectivity index (χ3v) is 4.81. The van der Waals surface area contributed by atoms with Crippen molar-refractivity contribution >= 4 is 11.3 Å². The third kappa shape index (κ3) is 8.01. The summed E-state index contributed by atoms with van der Waals surface area (Å²) in [7, 11) is 0. The van der Waals surface area contributed by atoms with Crippen molar-refractivity contribution in [2.45, 2.75) is 90.6 Å². The Morgan fingerprint density at radius 3 is 2.05 bits per heavy atom. The standard InChI is InChI=1S/C17H31NOS/c1-3-4-5-6-7-8-9-10-11-12-13-16(19)17-14-18-15(2)20-17/h14,16,19H,3-13H2,1-2H3. The van der Waals surface area contributed by atoms with E-state index in [-0.39, 0.29) is 6.10 Å². The Balaban J connectivity index is 1.89. The Bertz CT molecular complexity index is 337. The zero-order chi connectivity index (χ0) is 14.6. The number of aliphatic hydroxyl groups is 1. The van der Waals surface area contributed by atoms with Gasteiger partial charge in [0.1, 0.15) is 0 Å². The highest BCUT2D eigenvalue weighted by Gasteiger charge is 2.09. The molecule has 1 aromatic heterocycles. The fraction of sp³-hybridized carbons (Fsp3) is 0.824. The van der Waals surface area contributed by atoms with Gasteiger partial charge in [0.25, 0.3) is 0 Å². The molecule has 20 heavy (non-hydrogen) atoms. The summed E-state index contributed by atoms with van der Waals surface area (Å²) in [6.45, 7) is 4.25. The number of aromatic nitrogens is 1. The summed E-state index contributed by atoms with van der Waals surface area (Å²) < 4.78 is 0. The molecule has 0 spiro atoms. The molecule has 1 rings (SSSR count). The van der Waals surface area contributed by atoms with Gasteiger partial charge in [0.2, 0.25) is 0 Å². The second-order valence-electron chi connectivity index (χ2n) is 5.77. The Morgan fingerprint density at radius 1 is 1.00 bits per heavy atom. The average Bonchev–Trinajstić information content (AvgIpc) is 2.87. The summed E-state index contributed by atoms with van der Waals surface area (Å²) in [5.41, 5.74) is 0. The van der Waals surface area contributed by atoms with Crippen molar-refractivity contribution in [2.24, 2.45) is 0 Å². The first-order chi connectivity index (χ1) is 9.74. The zero-order valence-electron chi connectivity index (χ0n) is 13.2. The predicted molar refractivity (Wildman–Crippen MR) is 88.3 cm³/mol. The van der Waals surface area contributed by atoms with Gasteiger partial charge in [0, 0.05) is 6.20 Å². The van der Waals surface area contributed by atoms with Crippen molar-refractivity contribution < 1.29 is 5.11 Å². The molecule has 1 unspecified atom stereocenters. The molecule has 0 fully saturated rings. The lowest BCUT2D eigenvalue weighted by Crippen LogP contribution is -1.94. The molecule has 116 valence electrons. The third-order valence-electron chi connectivity index (χ3n) is 3.80. The lowest BCUT2D eigenvalue weighted by Gasteiger charge is -2.07.